The topological polar surface area (TPSA) is 92.8 Å². The van der Waals surface area contributed by atoms with Gasteiger partial charge in [0, 0.05) is 31.1 Å². The number of anilines is 2. The second kappa shape index (κ2) is 6.80. The number of ether oxygens (including phenoxy) is 1. The highest BCUT2D eigenvalue weighted by atomic mass is 32.2. The summed E-state index contributed by atoms with van der Waals surface area (Å²) in [5, 5.41) is 2.59. The Labute approximate surface area is 151 Å². The van der Waals surface area contributed by atoms with Crippen molar-refractivity contribution in [3.05, 3.63) is 48.0 Å². The monoisotopic (exact) mass is 374 g/mol. The molecule has 0 spiro atoms. The second-order valence-corrected chi connectivity index (χ2v) is 7.70. The van der Waals surface area contributed by atoms with Gasteiger partial charge in [0.15, 0.2) is 5.78 Å². The Morgan fingerprint density at radius 2 is 1.85 bits per heavy atom. The number of carbonyl (C=O) groups is 2. The molecule has 1 aliphatic rings. The molecule has 8 heteroatoms. The lowest BCUT2D eigenvalue weighted by atomic mass is 10.0. The van der Waals surface area contributed by atoms with Crippen molar-refractivity contribution in [2.24, 2.45) is 0 Å². The number of ketones is 1. The molecule has 1 N–H and O–H groups in total. The highest BCUT2D eigenvalue weighted by molar-refractivity contribution is 7.92. The smallest absolute Gasteiger partial charge is 0.264 e. The molecule has 0 saturated carbocycles. The van der Waals surface area contributed by atoms with Gasteiger partial charge in [0.2, 0.25) is 5.91 Å². The van der Waals surface area contributed by atoms with E-state index in [1.807, 2.05) is 0 Å². The Kier molecular flexibility index (Phi) is 4.69. The van der Waals surface area contributed by atoms with Gasteiger partial charge in [-0.15, -0.1) is 0 Å². The maximum atomic E-state index is 13.0. The van der Waals surface area contributed by atoms with Crippen LogP contribution in [0.1, 0.15) is 23.7 Å². The Bertz CT molecular complexity index is 968. The number of hydrogen-bond donors (Lipinski definition) is 1. The van der Waals surface area contributed by atoms with Crippen LogP contribution in [0.4, 0.5) is 11.4 Å². The van der Waals surface area contributed by atoms with Crippen molar-refractivity contribution in [2.75, 3.05) is 23.3 Å². The fourth-order valence-electron chi connectivity index (χ4n) is 2.83. The summed E-state index contributed by atoms with van der Waals surface area (Å²) in [5.41, 5.74) is 1.18. The molecule has 0 bridgehead atoms. The zero-order valence-electron chi connectivity index (χ0n) is 14.4. The van der Waals surface area contributed by atoms with E-state index in [2.05, 4.69) is 5.32 Å². The third-order valence-corrected chi connectivity index (χ3v) is 5.90. The van der Waals surface area contributed by atoms with E-state index in [4.69, 9.17) is 4.74 Å². The van der Waals surface area contributed by atoms with Gasteiger partial charge in [-0.3, -0.25) is 13.9 Å². The zero-order chi connectivity index (χ0) is 18.9. The number of nitrogens with one attached hydrogen (secondary N) is 1. The zero-order valence-corrected chi connectivity index (χ0v) is 15.2. The lowest BCUT2D eigenvalue weighted by Crippen LogP contribution is -2.37. The largest absolute Gasteiger partial charge is 0.497 e. The van der Waals surface area contributed by atoms with Crippen molar-refractivity contribution in [3.8, 4) is 5.75 Å². The van der Waals surface area contributed by atoms with Crippen LogP contribution in [0, 0.1) is 0 Å². The highest BCUT2D eigenvalue weighted by Crippen LogP contribution is 2.34. The van der Waals surface area contributed by atoms with Crippen LogP contribution < -0.4 is 14.4 Å². The predicted octanol–water partition coefficient (Wildman–Crippen LogP) is 2.44. The number of rotatable bonds is 4. The standard InChI is InChI=1S/C18H18N2O5S/c1-12(21)19-13-3-6-15(7-4-13)26(23,24)20-10-9-18(22)16-11-14(25-2)5-8-17(16)20/h3-8,11H,9-10H2,1-2H3,(H,19,21). The quantitative estimate of drug-likeness (QED) is 0.887. The van der Waals surface area contributed by atoms with E-state index in [-0.39, 0.29) is 29.6 Å². The van der Waals surface area contributed by atoms with Gasteiger partial charge in [-0.05, 0) is 42.5 Å². The average Bonchev–Trinajstić information content (AvgIpc) is 2.61. The van der Waals surface area contributed by atoms with Crippen molar-refractivity contribution in [1.29, 1.82) is 0 Å². The number of methoxy groups -OCH3 is 1. The van der Waals surface area contributed by atoms with Crippen molar-refractivity contribution in [2.45, 2.75) is 18.2 Å². The molecule has 0 aromatic heterocycles. The molecule has 1 amide bonds. The van der Waals surface area contributed by atoms with Crippen LogP contribution in [0.15, 0.2) is 47.4 Å². The van der Waals surface area contributed by atoms with Gasteiger partial charge in [0.1, 0.15) is 5.75 Å². The van der Waals surface area contributed by atoms with Crippen molar-refractivity contribution in [1.82, 2.24) is 0 Å². The van der Waals surface area contributed by atoms with Gasteiger partial charge < -0.3 is 10.1 Å². The SMILES string of the molecule is COc1ccc2c(c1)C(=O)CCN2S(=O)(=O)c1ccc(NC(C)=O)cc1. The molecule has 1 heterocycles. The number of amides is 1. The first-order chi connectivity index (χ1) is 12.3. The molecule has 2 aromatic rings. The van der Waals surface area contributed by atoms with Gasteiger partial charge in [0.25, 0.3) is 10.0 Å². The molecule has 26 heavy (non-hydrogen) atoms. The molecule has 0 aliphatic carbocycles. The van der Waals surface area contributed by atoms with Gasteiger partial charge in [0.05, 0.1) is 17.7 Å². The van der Waals surface area contributed by atoms with Crippen LogP contribution in [0.5, 0.6) is 5.75 Å². The Hall–Kier alpha value is -2.87. The summed E-state index contributed by atoms with van der Waals surface area (Å²) in [6.07, 6.45) is 0.101. The third kappa shape index (κ3) is 3.28. The van der Waals surface area contributed by atoms with Crippen molar-refractivity contribution < 1.29 is 22.7 Å². The van der Waals surface area contributed by atoms with Crippen LogP contribution in [0.2, 0.25) is 0 Å². The van der Waals surface area contributed by atoms with Crippen molar-refractivity contribution in [3.63, 3.8) is 0 Å². The molecule has 136 valence electrons. The van der Waals surface area contributed by atoms with E-state index in [0.29, 0.717) is 22.7 Å². The number of carbonyl (C=O) groups excluding carboxylic acids is 2. The maximum absolute atomic E-state index is 13.0. The second-order valence-electron chi connectivity index (χ2n) is 5.84. The van der Waals surface area contributed by atoms with Crippen LogP contribution in [0.3, 0.4) is 0 Å². The molecule has 2 aromatic carbocycles. The molecule has 0 fully saturated rings. The third-order valence-electron chi connectivity index (χ3n) is 4.08. The lowest BCUT2D eigenvalue weighted by Gasteiger charge is -2.30. The van der Waals surface area contributed by atoms with Gasteiger partial charge in [-0.2, -0.15) is 0 Å². The summed E-state index contributed by atoms with van der Waals surface area (Å²) >= 11 is 0. The summed E-state index contributed by atoms with van der Waals surface area (Å²) in [7, 11) is -2.35. The van der Waals surface area contributed by atoms with E-state index in [1.165, 1.54) is 42.6 Å². The number of sulfonamides is 1. The molecule has 0 radical (unpaired) electrons. The Morgan fingerprint density at radius 1 is 1.15 bits per heavy atom. The average molecular weight is 374 g/mol. The maximum Gasteiger partial charge on any atom is 0.264 e. The minimum Gasteiger partial charge on any atom is -0.497 e. The van der Waals surface area contributed by atoms with Crippen LogP contribution in [0.25, 0.3) is 0 Å². The summed E-state index contributed by atoms with van der Waals surface area (Å²) in [5.74, 6) is 0.139. The van der Waals surface area contributed by atoms with Crippen LogP contribution >= 0.6 is 0 Å². The van der Waals surface area contributed by atoms with Gasteiger partial charge >= 0.3 is 0 Å². The number of Topliss-reactive ketones (excluding diaryl/α,β-unsaturated/α-hetero) is 1. The number of hydrogen-bond acceptors (Lipinski definition) is 5. The molecule has 1 aliphatic heterocycles. The fraction of sp³-hybridized carbons (Fsp3) is 0.222. The van der Waals surface area contributed by atoms with E-state index in [9.17, 15) is 18.0 Å². The molecule has 0 atom stereocenters. The minimum atomic E-state index is -3.84. The van der Waals surface area contributed by atoms with Crippen LogP contribution in [-0.4, -0.2) is 33.8 Å². The Morgan fingerprint density at radius 3 is 2.46 bits per heavy atom. The Balaban J connectivity index is 1.99. The molecule has 0 saturated heterocycles. The summed E-state index contributed by atoms with van der Waals surface area (Å²) in [6.45, 7) is 1.45. The normalized spacial score (nSPS) is 13.9. The first-order valence-corrected chi connectivity index (χ1v) is 9.38. The van der Waals surface area contributed by atoms with E-state index < -0.39 is 10.0 Å². The number of benzene rings is 2. The fourth-order valence-corrected chi connectivity index (χ4v) is 4.32. The molecular formula is C18H18N2O5S. The van der Waals surface area contributed by atoms with E-state index >= 15 is 0 Å². The summed E-state index contributed by atoms with van der Waals surface area (Å²) in [4.78, 5) is 23.4. The van der Waals surface area contributed by atoms with Crippen molar-refractivity contribution >= 4 is 33.1 Å². The summed E-state index contributed by atoms with van der Waals surface area (Å²) < 4.78 is 32.4. The predicted molar refractivity (Wildman–Crippen MR) is 97.2 cm³/mol. The molecule has 7 nitrogen and oxygen atoms in total. The van der Waals surface area contributed by atoms with Crippen LogP contribution in [-0.2, 0) is 14.8 Å². The molecule has 3 rings (SSSR count). The molecule has 0 unspecified atom stereocenters. The van der Waals surface area contributed by atoms with Gasteiger partial charge in [-0.25, -0.2) is 8.42 Å². The van der Waals surface area contributed by atoms with E-state index in [1.54, 1.807) is 18.2 Å². The minimum absolute atomic E-state index is 0.0773. The van der Waals surface area contributed by atoms with E-state index in [0.717, 1.165) is 0 Å². The molecular weight excluding hydrogens is 356 g/mol. The van der Waals surface area contributed by atoms with Gasteiger partial charge in [-0.1, -0.05) is 0 Å². The highest BCUT2D eigenvalue weighted by Gasteiger charge is 2.32. The number of nitrogens with zero attached hydrogens (tertiary/aromatic N) is 1. The summed E-state index contributed by atoms with van der Waals surface area (Å²) in [6, 6.07) is 10.7. The first kappa shape index (κ1) is 17.9. The number of fused-ring (bicyclic) bond motifs is 1. The first-order valence-electron chi connectivity index (χ1n) is 7.94. The lowest BCUT2D eigenvalue weighted by molar-refractivity contribution is -0.114.